The lowest BCUT2D eigenvalue weighted by Gasteiger charge is -2.09. The molecule has 1 heterocycles. The lowest BCUT2D eigenvalue weighted by Crippen LogP contribution is -2.12. The van der Waals surface area contributed by atoms with Crippen molar-refractivity contribution in [2.75, 3.05) is 12.8 Å². The zero-order chi connectivity index (χ0) is 10.6. The number of nitrogen functional groups attached to an aromatic ring is 1. The van der Waals surface area contributed by atoms with Crippen LogP contribution in [0, 0.1) is 0 Å². The van der Waals surface area contributed by atoms with Crippen LogP contribution in [0.3, 0.4) is 0 Å². The van der Waals surface area contributed by atoms with Gasteiger partial charge < -0.3 is 10.3 Å². The van der Waals surface area contributed by atoms with Gasteiger partial charge in [0.1, 0.15) is 0 Å². The fraction of sp³-hybridized carbons (Fsp3) is 0.250. The number of phosphoric acid groups is 1. The molecule has 8 nitrogen and oxygen atoms in total. The molecule has 14 heavy (non-hydrogen) atoms. The summed E-state index contributed by atoms with van der Waals surface area (Å²) in [6, 6.07) is 0. The van der Waals surface area contributed by atoms with Gasteiger partial charge in [0.2, 0.25) is 5.88 Å². The molecular weight excluding hydrogens is 233 g/mol. The van der Waals surface area contributed by atoms with E-state index in [4.69, 9.17) is 10.6 Å². The van der Waals surface area contributed by atoms with Crippen molar-refractivity contribution in [3.63, 3.8) is 0 Å². The van der Waals surface area contributed by atoms with Crippen molar-refractivity contribution in [2.45, 2.75) is 0 Å². The second-order valence-corrected chi connectivity index (χ2v) is 4.15. The Balaban J connectivity index is 2.54. The van der Waals surface area contributed by atoms with Crippen LogP contribution in [0.2, 0.25) is 0 Å². The molecular formula is C4H8N3O5PS. The van der Waals surface area contributed by atoms with E-state index >= 15 is 0 Å². The van der Waals surface area contributed by atoms with Crippen LogP contribution in [0.4, 0.5) is 5.13 Å². The Morgan fingerprint density at radius 3 is 3.00 bits per heavy atom. The molecule has 0 aliphatic rings. The van der Waals surface area contributed by atoms with Gasteiger partial charge in [0.25, 0.3) is 0 Å². The van der Waals surface area contributed by atoms with E-state index in [2.05, 4.69) is 19.0 Å². The number of aromatic nitrogens is 1. The van der Waals surface area contributed by atoms with Crippen molar-refractivity contribution in [2.24, 2.45) is 0 Å². The van der Waals surface area contributed by atoms with Crippen molar-refractivity contribution < 1.29 is 23.4 Å². The Labute approximate surface area is 83.1 Å². The van der Waals surface area contributed by atoms with Gasteiger partial charge >= 0.3 is 7.82 Å². The number of nitrogens with one attached hydrogen (secondary N) is 1. The number of hydrogen-bond donors (Lipinski definition) is 3. The van der Waals surface area contributed by atoms with Gasteiger partial charge in [-0.05, 0) is 0 Å². The summed E-state index contributed by atoms with van der Waals surface area (Å²) >= 11 is 1.07. The van der Waals surface area contributed by atoms with Gasteiger partial charge in [-0.25, -0.2) is 4.57 Å². The van der Waals surface area contributed by atoms with Crippen LogP contribution in [-0.4, -0.2) is 17.0 Å². The lowest BCUT2D eigenvalue weighted by atomic mass is 10.9. The molecule has 80 valence electrons. The molecule has 0 saturated carbocycles. The molecule has 1 rings (SSSR count). The highest BCUT2D eigenvalue weighted by Gasteiger charge is 2.24. The van der Waals surface area contributed by atoms with E-state index in [1.54, 1.807) is 5.64 Å². The fourth-order valence-corrected chi connectivity index (χ4v) is 1.61. The van der Waals surface area contributed by atoms with E-state index in [1.165, 1.54) is 12.5 Å². The molecule has 0 bridgehead atoms. The molecule has 0 radical (unpaired) electrons. The number of nitrogens with zero attached hydrogens (tertiary/aromatic N) is 1. The predicted molar refractivity (Wildman–Crippen MR) is 48.2 cm³/mol. The van der Waals surface area contributed by atoms with E-state index < -0.39 is 7.82 Å². The molecule has 0 saturated heterocycles. The summed E-state index contributed by atoms with van der Waals surface area (Å²) in [5, 5.41) is 1.59. The summed E-state index contributed by atoms with van der Waals surface area (Å²) in [6.45, 7) is 0. The number of rotatable bonds is 5. The topological polar surface area (TPSA) is 116 Å². The van der Waals surface area contributed by atoms with Crippen LogP contribution < -0.4 is 15.9 Å². The van der Waals surface area contributed by atoms with E-state index in [1.807, 2.05) is 0 Å². The van der Waals surface area contributed by atoms with Crippen molar-refractivity contribution in [3.8, 4) is 5.88 Å². The highest BCUT2D eigenvalue weighted by Crippen LogP contribution is 2.42. The van der Waals surface area contributed by atoms with Crippen LogP contribution in [0.25, 0.3) is 0 Å². The Hall–Kier alpha value is -0.700. The zero-order valence-electron chi connectivity index (χ0n) is 7.04. The SMILES string of the molecule is CONOP(=O)(O)Oc1csc(N)n1. The first-order valence-corrected chi connectivity index (χ1v) is 5.61. The molecule has 0 spiro atoms. The minimum absolute atomic E-state index is 0.0868. The Bertz CT molecular complexity index is 343. The standard InChI is InChI=1S/C4H8N3O5PS/c1-10-7-12-13(8,9)11-3-2-14-4(5)6-3/h2,7H,1H3,(H2,5,6)(H,8,9). The molecule has 0 aromatic carbocycles. The van der Waals surface area contributed by atoms with Crippen LogP contribution >= 0.6 is 19.2 Å². The quantitative estimate of drug-likeness (QED) is 0.497. The van der Waals surface area contributed by atoms with Gasteiger partial charge in [-0.3, -0.25) is 9.73 Å². The minimum atomic E-state index is -4.27. The molecule has 0 fully saturated rings. The summed E-state index contributed by atoms with van der Waals surface area (Å²) in [5.74, 6) is -0.0868. The van der Waals surface area contributed by atoms with Crippen LogP contribution in [0.1, 0.15) is 0 Å². The average Bonchev–Trinajstić information content (AvgIpc) is 2.47. The highest BCUT2D eigenvalue weighted by atomic mass is 32.1. The normalized spacial score (nSPS) is 15.0. The first-order chi connectivity index (χ1) is 6.53. The Morgan fingerprint density at radius 2 is 2.50 bits per heavy atom. The first-order valence-electron chi connectivity index (χ1n) is 3.23. The monoisotopic (exact) mass is 241 g/mol. The number of anilines is 1. The predicted octanol–water partition coefficient (Wildman–Crippen LogP) is 0.287. The first kappa shape index (κ1) is 11.4. The smallest absolute Gasteiger partial charge is 0.384 e. The Kier molecular flexibility index (Phi) is 3.81. The van der Waals surface area contributed by atoms with Crippen LogP contribution in [-0.2, 0) is 14.0 Å². The van der Waals surface area contributed by atoms with Gasteiger partial charge in [-0.1, -0.05) is 5.64 Å². The van der Waals surface area contributed by atoms with E-state index in [9.17, 15) is 4.57 Å². The van der Waals surface area contributed by atoms with Crippen molar-refractivity contribution in [3.05, 3.63) is 5.38 Å². The molecule has 0 amide bonds. The second-order valence-electron chi connectivity index (χ2n) is 1.96. The maximum absolute atomic E-state index is 11.0. The molecule has 1 unspecified atom stereocenters. The lowest BCUT2D eigenvalue weighted by molar-refractivity contribution is -0.0929. The van der Waals surface area contributed by atoms with E-state index in [-0.39, 0.29) is 11.0 Å². The van der Waals surface area contributed by atoms with Gasteiger partial charge in [0.05, 0.1) is 12.5 Å². The van der Waals surface area contributed by atoms with Gasteiger partial charge in [0, 0.05) is 0 Å². The van der Waals surface area contributed by atoms with Gasteiger partial charge in [-0.15, -0.1) is 11.3 Å². The van der Waals surface area contributed by atoms with Crippen molar-refractivity contribution in [1.29, 1.82) is 0 Å². The van der Waals surface area contributed by atoms with E-state index in [0.29, 0.717) is 0 Å². The molecule has 1 aromatic heterocycles. The van der Waals surface area contributed by atoms with Gasteiger partial charge in [-0.2, -0.15) is 9.61 Å². The maximum Gasteiger partial charge on any atom is 0.547 e. The van der Waals surface area contributed by atoms with Crippen molar-refractivity contribution in [1.82, 2.24) is 10.6 Å². The summed E-state index contributed by atoms with van der Waals surface area (Å²) < 4.78 is 19.7. The molecule has 1 aromatic rings. The zero-order valence-corrected chi connectivity index (χ0v) is 8.75. The van der Waals surface area contributed by atoms with E-state index in [0.717, 1.165) is 11.3 Å². The summed E-state index contributed by atoms with van der Waals surface area (Å²) in [4.78, 5) is 16.8. The minimum Gasteiger partial charge on any atom is -0.384 e. The number of hydrogen-bond acceptors (Lipinski definition) is 8. The molecule has 4 N–H and O–H groups in total. The third-order valence-corrected chi connectivity index (χ3v) is 2.32. The third kappa shape index (κ3) is 3.58. The fourth-order valence-electron chi connectivity index (χ4n) is 0.535. The maximum atomic E-state index is 11.0. The number of thiazole rings is 1. The van der Waals surface area contributed by atoms with Crippen LogP contribution in [0.15, 0.2) is 5.38 Å². The third-order valence-electron chi connectivity index (χ3n) is 0.946. The van der Waals surface area contributed by atoms with Crippen molar-refractivity contribution >= 4 is 24.3 Å². The number of nitrogens with two attached hydrogens (primary N) is 1. The Morgan fingerprint density at radius 1 is 1.79 bits per heavy atom. The van der Waals surface area contributed by atoms with Gasteiger partial charge in [0.15, 0.2) is 5.13 Å². The molecule has 0 aliphatic heterocycles. The molecule has 0 aliphatic carbocycles. The summed E-state index contributed by atoms with van der Waals surface area (Å²) in [5.41, 5.74) is 6.99. The number of phosphoric ester groups is 1. The second kappa shape index (κ2) is 4.69. The molecule has 10 heteroatoms. The average molecular weight is 241 g/mol. The highest BCUT2D eigenvalue weighted by molar-refractivity contribution is 7.47. The summed E-state index contributed by atoms with van der Waals surface area (Å²) in [6.07, 6.45) is 0. The van der Waals surface area contributed by atoms with Crippen LogP contribution in [0.5, 0.6) is 5.88 Å². The molecule has 1 atom stereocenters. The summed E-state index contributed by atoms with van der Waals surface area (Å²) in [7, 11) is -3.06. The largest absolute Gasteiger partial charge is 0.547 e.